The van der Waals surface area contributed by atoms with Gasteiger partial charge < -0.3 is 10.1 Å². The summed E-state index contributed by atoms with van der Waals surface area (Å²) < 4.78 is 18.9. The summed E-state index contributed by atoms with van der Waals surface area (Å²) in [6.07, 6.45) is 0.879. The number of hydrogen-bond acceptors (Lipinski definition) is 4. The van der Waals surface area contributed by atoms with Crippen LogP contribution in [-0.2, 0) is 16.0 Å². The van der Waals surface area contributed by atoms with Gasteiger partial charge in [-0.1, -0.05) is 42.8 Å². The summed E-state index contributed by atoms with van der Waals surface area (Å²) >= 11 is 6.14. The lowest BCUT2D eigenvalue weighted by atomic mass is 10.0. The Balaban J connectivity index is 1.83. The highest BCUT2D eigenvalue weighted by Crippen LogP contribution is 2.39. The van der Waals surface area contributed by atoms with Gasteiger partial charge in [0.05, 0.1) is 18.4 Å². The smallest absolute Gasteiger partial charge is 0.282 e. The molecule has 4 rings (SSSR count). The van der Waals surface area contributed by atoms with Crippen molar-refractivity contribution >= 4 is 40.4 Å². The molecule has 0 bridgehead atoms. The third-order valence-corrected chi connectivity index (χ3v) is 5.47. The predicted octanol–water partition coefficient (Wildman–Crippen LogP) is 5.45. The molecule has 7 heteroatoms. The first-order chi connectivity index (χ1) is 15.4. The van der Waals surface area contributed by atoms with Crippen molar-refractivity contribution in [2.24, 2.45) is 0 Å². The fraction of sp³-hybridized carbons (Fsp3) is 0.120. The van der Waals surface area contributed by atoms with Gasteiger partial charge in [-0.2, -0.15) is 0 Å². The van der Waals surface area contributed by atoms with Crippen LogP contribution >= 0.6 is 11.6 Å². The lowest BCUT2D eigenvalue weighted by Gasteiger charge is -2.18. The topological polar surface area (TPSA) is 58.6 Å². The van der Waals surface area contributed by atoms with Gasteiger partial charge in [0.25, 0.3) is 11.8 Å². The van der Waals surface area contributed by atoms with Crippen LogP contribution in [0.4, 0.5) is 15.8 Å². The van der Waals surface area contributed by atoms with Crippen LogP contribution in [0.25, 0.3) is 5.57 Å². The van der Waals surface area contributed by atoms with E-state index < -0.39 is 17.6 Å². The van der Waals surface area contributed by atoms with Gasteiger partial charge in [-0.05, 0) is 60.0 Å². The highest BCUT2D eigenvalue weighted by Gasteiger charge is 2.41. The minimum absolute atomic E-state index is 0.0906. The Kier molecular flexibility index (Phi) is 5.97. The van der Waals surface area contributed by atoms with E-state index in [1.54, 1.807) is 12.1 Å². The average molecular weight is 451 g/mol. The molecular weight excluding hydrogens is 431 g/mol. The number of methoxy groups -OCH3 is 1. The van der Waals surface area contributed by atoms with E-state index in [4.69, 9.17) is 16.3 Å². The summed E-state index contributed by atoms with van der Waals surface area (Å²) in [6.45, 7) is 2.05. The maximum Gasteiger partial charge on any atom is 0.282 e. The van der Waals surface area contributed by atoms with Crippen LogP contribution in [-0.4, -0.2) is 18.9 Å². The molecule has 0 fully saturated rings. The van der Waals surface area contributed by atoms with Crippen molar-refractivity contribution in [3.8, 4) is 5.75 Å². The van der Waals surface area contributed by atoms with E-state index in [1.165, 1.54) is 37.4 Å². The van der Waals surface area contributed by atoms with Gasteiger partial charge in [-0.25, -0.2) is 9.29 Å². The monoisotopic (exact) mass is 450 g/mol. The molecule has 0 aliphatic carbocycles. The maximum atomic E-state index is 13.5. The molecule has 32 heavy (non-hydrogen) atoms. The second-order valence-corrected chi connectivity index (χ2v) is 7.63. The van der Waals surface area contributed by atoms with Crippen molar-refractivity contribution in [3.05, 3.63) is 94.4 Å². The molecule has 3 aromatic rings. The lowest BCUT2D eigenvalue weighted by Crippen LogP contribution is -2.32. The highest BCUT2D eigenvalue weighted by atomic mass is 35.5. The number of ether oxygens (including phenoxy) is 1. The predicted molar refractivity (Wildman–Crippen MR) is 123 cm³/mol. The van der Waals surface area contributed by atoms with Gasteiger partial charge in [-0.15, -0.1) is 0 Å². The molecule has 1 heterocycles. The number of imide groups is 1. The van der Waals surface area contributed by atoms with Crippen LogP contribution in [0.5, 0.6) is 5.75 Å². The SMILES string of the molecule is CCc1ccc(NC2=C(c3ccc(F)cc3)C(=O)N(c3cc(Cl)ccc3OC)C2=O)cc1. The van der Waals surface area contributed by atoms with E-state index in [-0.39, 0.29) is 17.0 Å². The summed E-state index contributed by atoms with van der Waals surface area (Å²) in [4.78, 5) is 28.0. The fourth-order valence-electron chi connectivity index (χ4n) is 3.55. The third-order valence-electron chi connectivity index (χ3n) is 5.23. The van der Waals surface area contributed by atoms with E-state index in [2.05, 4.69) is 5.32 Å². The lowest BCUT2D eigenvalue weighted by molar-refractivity contribution is -0.120. The maximum absolute atomic E-state index is 13.5. The second kappa shape index (κ2) is 8.85. The minimum Gasteiger partial charge on any atom is -0.495 e. The molecule has 0 aromatic heterocycles. The van der Waals surface area contributed by atoms with Crippen LogP contribution in [0.3, 0.4) is 0 Å². The highest BCUT2D eigenvalue weighted by molar-refractivity contribution is 6.46. The zero-order valence-electron chi connectivity index (χ0n) is 17.5. The number of halogens is 2. The Labute approximate surface area is 190 Å². The van der Waals surface area contributed by atoms with Crippen molar-refractivity contribution in [3.63, 3.8) is 0 Å². The van der Waals surface area contributed by atoms with Crippen LogP contribution < -0.4 is 15.0 Å². The van der Waals surface area contributed by atoms with Crippen molar-refractivity contribution in [1.29, 1.82) is 0 Å². The van der Waals surface area contributed by atoms with Gasteiger partial charge in [0.2, 0.25) is 0 Å². The number of rotatable bonds is 6. The average Bonchev–Trinajstić information content (AvgIpc) is 3.04. The Morgan fingerprint density at radius 2 is 1.66 bits per heavy atom. The molecule has 0 spiro atoms. The first kappa shape index (κ1) is 21.6. The summed E-state index contributed by atoms with van der Waals surface area (Å²) in [5.74, 6) is -1.24. The van der Waals surface area contributed by atoms with E-state index in [9.17, 15) is 14.0 Å². The summed E-state index contributed by atoms with van der Waals surface area (Å²) in [7, 11) is 1.44. The van der Waals surface area contributed by atoms with Crippen molar-refractivity contribution in [1.82, 2.24) is 0 Å². The molecule has 1 aliphatic heterocycles. The van der Waals surface area contributed by atoms with Crippen molar-refractivity contribution in [2.75, 3.05) is 17.3 Å². The number of nitrogens with one attached hydrogen (secondary N) is 1. The van der Waals surface area contributed by atoms with Crippen LogP contribution in [0.1, 0.15) is 18.1 Å². The number of aryl methyl sites for hydroxylation is 1. The zero-order valence-corrected chi connectivity index (χ0v) is 18.2. The number of anilines is 2. The largest absolute Gasteiger partial charge is 0.495 e. The van der Waals surface area contributed by atoms with E-state index in [0.717, 1.165) is 16.9 Å². The molecule has 1 N–H and O–H groups in total. The first-order valence-corrected chi connectivity index (χ1v) is 10.4. The number of hydrogen-bond donors (Lipinski definition) is 1. The van der Waals surface area contributed by atoms with Gasteiger partial charge in [0.15, 0.2) is 0 Å². The standard InChI is InChI=1S/C25H20ClFN2O3/c1-3-15-4-11-19(12-5-15)28-23-22(16-6-9-18(27)10-7-16)24(30)29(25(23)31)20-14-17(26)8-13-21(20)32-2/h4-14,28H,3H2,1-2H3. The molecule has 1 aliphatic rings. The van der Waals surface area contributed by atoms with Crippen molar-refractivity contribution in [2.45, 2.75) is 13.3 Å². The number of carbonyl (C=O) groups is 2. The fourth-order valence-corrected chi connectivity index (χ4v) is 3.72. The number of carbonyl (C=O) groups excluding carboxylic acids is 2. The number of amides is 2. The van der Waals surface area contributed by atoms with E-state index in [0.29, 0.717) is 22.0 Å². The quantitative estimate of drug-likeness (QED) is 0.507. The summed E-state index contributed by atoms with van der Waals surface area (Å²) in [5, 5.41) is 3.44. The Hall–Kier alpha value is -3.64. The number of nitrogens with zero attached hydrogens (tertiary/aromatic N) is 1. The molecule has 0 radical (unpaired) electrons. The minimum atomic E-state index is -0.561. The van der Waals surface area contributed by atoms with Crippen LogP contribution in [0.2, 0.25) is 5.02 Å². The molecule has 0 saturated carbocycles. The molecule has 0 saturated heterocycles. The second-order valence-electron chi connectivity index (χ2n) is 7.19. The summed E-state index contributed by atoms with van der Waals surface area (Å²) in [5.41, 5.74) is 2.67. The molecule has 0 unspecified atom stereocenters. The molecule has 3 aromatic carbocycles. The number of benzene rings is 3. The molecule has 5 nitrogen and oxygen atoms in total. The van der Waals surface area contributed by atoms with Crippen LogP contribution in [0, 0.1) is 5.82 Å². The molecule has 0 atom stereocenters. The van der Waals surface area contributed by atoms with Crippen LogP contribution in [0.15, 0.2) is 72.4 Å². The Morgan fingerprint density at radius 3 is 2.28 bits per heavy atom. The summed E-state index contributed by atoms with van der Waals surface area (Å²) in [6, 6.07) is 17.7. The van der Waals surface area contributed by atoms with Gasteiger partial charge >= 0.3 is 0 Å². The normalized spacial score (nSPS) is 13.7. The van der Waals surface area contributed by atoms with Crippen molar-refractivity contribution < 1.29 is 18.7 Å². The molecule has 162 valence electrons. The molecule has 2 amide bonds. The Morgan fingerprint density at radius 1 is 0.969 bits per heavy atom. The third kappa shape index (κ3) is 3.97. The van der Waals surface area contributed by atoms with Gasteiger partial charge in [-0.3, -0.25) is 9.59 Å². The van der Waals surface area contributed by atoms with E-state index in [1.807, 2.05) is 31.2 Å². The van der Waals surface area contributed by atoms with Gasteiger partial charge in [0, 0.05) is 10.7 Å². The Bertz CT molecular complexity index is 1220. The zero-order chi connectivity index (χ0) is 22.8. The molecular formula is C25H20ClFN2O3. The van der Waals surface area contributed by atoms with Gasteiger partial charge in [0.1, 0.15) is 17.3 Å². The first-order valence-electron chi connectivity index (χ1n) is 10.0. The van der Waals surface area contributed by atoms with E-state index >= 15 is 0 Å².